The molecule has 0 aliphatic rings. The number of H-pyrrole nitrogens is 1. The van der Waals surface area contributed by atoms with E-state index >= 15 is 0 Å². The zero-order valence-corrected chi connectivity index (χ0v) is 14.6. The van der Waals surface area contributed by atoms with E-state index in [9.17, 15) is 0 Å². The minimum Gasteiger partial charge on any atom is -0.399 e. The predicted molar refractivity (Wildman–Crippen MR) is 113 cm³/mol. The number of aromatic amines is 1. The molecule has 0 saturated heterocycles. The maximum atomic E-state index is 6.08. The Morgan fingerprint density at radius 2 is 1.48 bits per heavy atom. The third-order valence-electron chi connectivity index (χ3n) is 4.93. The van der Waals surface area contributed by atoms with Crippen LogP contribution < -0.4 is 11.5 Å². The average Bonchev–Trinajstić information content (AvgIpc) is 3.06. The lowest BCUT2D eigenvalue weighted by Gasteiger charge is -2.12. The molecule has 0 saturated carbocycles. The van der Waals surface area contributed by atoms with E-state index in [0.29, 0.717) is 0 Å². The number of hydrogen-bond acceptors (Lipinski definition) is 3. The van der Waals surface area contributed by atoms with Crippen LogP contribution in [0.1, 0.15) is 0 Å². The monoisotopic (exact) mass is 350 g/mol. The maximum Gasteiger partial charge on any atom is 0.138 e. The van der Waals surface area contributed by atoms with Gasteiger partial charge in [-0.15, -0.1) is 0 Å². The molecule has 27 heavy (non-hydrogen) atoms. The number of fused-ring (bicyclic) bond motifs is 3. The van der Waals surface area contributed by atoms with E-state index in [4.69, 9.17) is 16.5 Å². The minimum absolute atomic E-state index is 0.736. The molecule has 0 aliphatic carbocycles. The Morgan fingerprint density at radius 1 is 0.741 bits per heavy atom. The maximum absolute atomic E-state index is 6.08. The Kier molecular flexibility index (Phi) is 3.37. The van der Waals surface area contributed by atoms with Gasteiger partial charge in [-0.1, -0.05) is 42.5 Å². The van der Waals surface area contributed by atoms with Crippen molar-refractivity contribution in [1.82, 2.24) is 9.97 Å². The number of aromatic nitrogens is 2. The second-order valence-corrected chi connectivity index (χ2v) is 6.69. The highest BCUT2D eigenvalue weighted by Crippen LogP contribution is 2.40. The first-order valence-corrected chi connectivity index (χ1v) is 8.82. The topological polar surface area (TPSA) is 80.7 Å². The standard InChI is InChI=1S/C23H18N4/c24-16-8-6-14(7-9-16)19-13-26-23-22(21(19)15-4-2-1-3-5-15)18-12-17(25)10-11-20(18)27-23/h1-13H,24-25H2,(H,26,27). The SMILES string of the molecule is Nc1ccc(-c2cnc3[nH]c4ccc(N)cc4c3c2-c2ccccc2)cc1. The summed E-state index contributed by atoms with van der Waals surface area (Å²) in [6, 6.07) is 24.2. The van der Waals surface area contributed by atoms with Crippen LogP contribution >= 0.6 is 0 Å². The molecule has 2 aromatic heterocycles. The third-order valence-corrected chi connectivity index (χ3v) is 4.93. The molecule has 3 aromatic carbocycles. The van der Waals surface area contributed by atoms with Gasteiger partial charge in [0.2, 0.25) is 0 Å². The second kappa shape index (κ2) is 5.88. The second-order valence-electron chi connectivity index (χ2n) is 6.69. The molecular formula is C23H18N4. The lowest BCUT2D eigenvalue weighted by atomic mass is 9.92. The van der Waals surface area contributed by atoms with Gasteiger partial charge in [-0.3, -0.25) is 0 Å². The van der Waals surface area contributed by atoms with E-state index < -0.39 is 0 Å². The first kappa shape index (κ1) is 15.5. The van der Waals surface area contributed by atoms with Crippen LogP contribution in [0.5, 0.6) is 0 Å². The highest BCUT2D eigenvalue weighted by molar-refractivity contribution is 6.16. The van der Waals surface area contributed by atoms with E-state index in [1.165, 1.54) is 0 Å². The van der Waals surface area contributed by atoms with Crippen LogP contribution in [0, 0.1) is 0 Å². The molecule has 0 unspecified atom stereocenters. The zero-order chi connectivity index (χ0) is 18.4. The number of hydrogen-bond donors (Lipinski definition) is 3. The minimum atomic E-state index is 0.736. The number of benzene rings is 3. The van der Waals surface area contributed by atoms with Crippen LogP contribution in [0.4, 0.5) is 11.4 Å². The van der Waals surface area contributed by atoms with Crippen molar-refractivity contribution in [1.29, 1.82) is 0 Å². The third kappa shape index (κ3) is 2.50. The number of nitrogens with two attached hydrogens (primary N) is 2. The molecule has 4 heteroatoms. The summed E-state index contributed by atoms with van der Waals surface area (Å²) < 4.78 is 0. The number of nitrogen functional groups attached to an aromatic ring is 2. The number of rotatable bonds is 2. The van der Waals surface area contributed by atoms with Crippen molar-refractivity contribution in [3.8, 4) is 22.3 Å². The van der Waals surface area contributed by atoms with Crippen molar-refractivity contribution in [3.63, 3.8) is 0 Å². The van der Waals surface area contributed by atoms with Gasteiger partial charge in [0.05, 0.1) is 0 Å². The Hall–Kier alpha value is -3.79. The van der Waals surface area contributed by atoms with Gasteiger partial charge in [0.25, 0.3) is 0 Å². The molecule has 0 spiro atoms. The normalized spacial score (nSPS) is 11.3. The fourth-order valence-corrected chi connectivity index (χ4v) is 3.66. The highest BCUT2D eigenvalue weighted by atomic mass is 14.9. The summed E-state index contributed by atoms with van der Waals surface area (Å²) >= 11 is 0. The molecule has 0 amide bonds. The summed E-state index contributed by atoms with van der Waals surface area (Å²) in [5.74, 6) is 0. The van der Waals surface area contributed by atoms with Crippen LogP contribution in [0.2, 0.25) is 0 Å². The number of nitrogens with zero attached hydrogens (tertiary/aromatic N) is 1. The molecule has 5 aromatic rings. The summed E-state index contributed by atoms with van der Waals surface area (Å²) in [5, 5.41) is 2.16. The lowest BCUT2D eigenvalue weighted by Crippen LogP contribution is -1.91. The van der Waals surface area contributed by atoms with Crippen LogP contribution in [0.25, 0.3) is 44.2 Å². The van der Waals surface area contributed by atoms with Gasteiger partial charge in [0.15, 0.2) is 0 Å². The highest BCUT2D eigenvalue weighted by Gasteiger charge is 2.17. The summed E-state index contributed by atoms with van der Waals surface area (Å²) in [6.07, 6.45) is 1.93. The fraction of sp³-hybridized carbons (Fsp3) is 0. The molecule has 0 atom stereocenters. The molecular weight excluding hydrogens is 332 g/mol. The molecule has 5 rings (SSSR count). The van der Waals surface area contributed by atoms with Gasteiger partial charge in [-0.05, 0) is 41.5 Å². The first-order chi connectivity index (χ1) is 13.2. The van der Waals surface area contributed by atoms with E-state index in [1.807, 2.05) is 54.7 Å². The molecule has 130 valence electrons. The zero-order valence-electron chi connectivity index (χ0n) is 14.6. The molecule has 2 heterocycles. The van der Waals surface area contributed by atoms with Crippen LogP contribution in [0.15, 0.2) is 79.0 Å². The molecule has 4 nitrogen and oxygen atoms in total. The van der Waals surface area contributed by atoms with Gasteiger partial charge in [-0.25, -0.2) is 4.98 Å². The van der Waals surface area contributed by atoms with Crippen molar-refractivity contribution < 1.29 is 0 Å². The van der Waals surface area contributed by atoms with Gasteiger partial charge >= 0.3 is 0 Å². The quantitative estimate of drug-likeness (QED) is 0.382. The van der Waals surface area contributed by atoms with Gasteiger partial charge in [-0.2, -0.15) is 0 Å². The number of pyridine rings is 1. The van der Waals surface area contributed by atoms with Crippen LogP contribution in [0.3, 0.4) is 0 Å². The Morgan fingerprint density at radius 3 is 2.26 bits per heavy atom. The Labute approximate surface area is 156 Å². The van der Waals surface area contributed by atoms with E-state index in [1.54, 1.807) is 0 Å². The summed E-state index contributed by atoms with van der Waals surface area (Å²) in [4.78, 5) is 8.12. The van der Waals surface area contributed by atoms with Crippen molar-refractivity contribution >= 4 is 33.3 Å². The lowest BCUT2D eigenvalue weighted by molar-refractivity contribution is 1.35. The summed E-state index contributed by atoms with van der Waals surface area (Å²) in [5.41, 5.74) is 19.8. The van der Waals surface area contributed by atoms with Crippen LogP contribution in [-0.4, -0.2) is 9.97 Å². The van der Waals surface area contributed by atoms with Gasteiger partial charge in [0.1, 0.15) is 5.65 Å². The number of nitrogens with one attached hydrogen (secondary N) is 1. The predicted octanol–water partition coefficient (Wildman–Crippen LogP) is 5.21. The first-order valence-electron chi connectivity index (χ1n) is 8.82. The fourth-order valence-electron chi connectivity index (χ4n) is 3.66. The Bertz CT molecular complexity index is 1270. The van der Waals surface area contributed by atoms with Gasteiger partial charge < -0.3 is 16.5 Å². The van der Waals surface area contributed by atoms with E-state index in [2.05, 4.69) is 29.2 Å². The smallest absolute Gasteiger partial charge is 0.138 e. The van der Waals surface area contributed by atoms with E-state index in [-0.39, 0.29) is 0 Å². The molecule has 5 N–H and O–H groups in total. The molecule has 0 radical (unpaired) electrons. The molecule has 0 fully saturated rings. The number of anilines is 2. The summed E-state index contributed by atoms with van der Waals surface area (Å²) in [6.45, 7) is 0. The van der Waals surface area contributed by atoms with Crippen molar-refractivity contribution in [2.75, 3.05) is 11.5 Å². The molecule has 0 bridgehead atoms. The Balaban J connectivity index is 1.94. The van der Waals surface area contributed by atoms with E-state index in [0.717, 1.165) is 55.6 Å². The molecule has 0 aliphatic heterocycles. The summed E-state index contributed by atoms with van der Waals surface area (Å²) in [7, 11) is 0. The van der Waals surface area contributed by atoms with Crippen molar-refractivity contribution in [2.45, 2.75) is 0 Å². The average molecular weight is 350 g/mol. The van der Waals surface area contributed by atoms with Crippen LogP contribution in [-0.2, 0) is 0 Å². The van der Waals surface area contributed by atoms with Gasteiger partial charge in [0, 0.05) is 45.0 Å². The largest absolute Gasteiger partial charge is 0.399 e. The van der Waals surface area contributed by atoms with Crippen molar-refractivity contribution in [3.05, 3.63) is 79.0 Å². The van der Waals surface area contributed by atoms with Crippen molar-refractivity contribution in [2.24, 2.45) is 0 Å².